The minimum atomic E-state index is -1.00. The van der Waals surface area contributed by atoms with Crippen LogP contribution in [-0.2, 0) is 0 Å². The van der Waals surface area contributed by atoms with Gasteiger partial charge in [-0.05, 0) is 47.2 Å². The smallest absolute Gasteiger partial charge is 0.339 e. The van der Waals surface area contributed by atoms with Gasteiger partial charge in [0.25, 0.3) is 0 Å². The summed E-state index contributed by atoms with van der Waals surface area (Å²) < 4.78 is 6.73. The summed E-state index contributed by atoms with van der Waals surface area (Å²) in [5.41, 5.74) is 0.147. The first kappa shape index (κ1) is 13.6. The van der Waals surface area contributed by atoms with E-state index >= 15 is 0 Å². The standard InChI is InChI=1S/C17H11BrO3/c18-13-7-5-12-10-14(8-6-11(12)9-13)21-16-4-2-1-3-15(16)17(19)20/h1-10H,(H,19,20). The molecular formula is C17H11BrO3. The molecule has 0 spiro atoms. The fraction of sp³-hybridized carbons (Fsp3) is 0. The lowest BCUT2D eigenvalue weighted by atomic mass is 10.1. The summed E-state index contributed by atoms with van der Waals surface area (Å²) in [5, 5.41) is 11.3. The van der Waals surface area contributed by atoms with E-state index in [0.717, 1.165) is 15.2 Å². The van der Waals surface area contributed by atoms with Crippen molar-refractivity contribution in [1.29, 1.82) is 0 Å². The molecular weight excluding hydrogens is 332 g/mol. The van der Waals surface area contributed by atoms with Crippen LogP contribution < -0.4 is 4.74 Å². The van der Waals surface area contributed by atoms with E-state index in [1.807, 2.05) is 36.4 Å². The Hall–Kier alpha value is -2.33. The van der Waals surface area contributed by atoms with Crippen LogP contribution in [0, 0.1) is 0 Å². The summed E-state index contributed by atoms with van der Waals surface area (Å²) in [7, 11) is 0. The predicted molar refractivity (Wildman–Crippen MR) is 85.1 cm³/mol. The molecule has 0 saturated heterocycles. The number of ether oxygens (including phenoxy) is 1. The van der Waals surface area contributed by atoms with E-state index in [0.29, 0.717) is 11.5 Å². The Bertz CT molecular complexity index is 827. The van der Waals surface area contributed by atoms with Crippen molar-refractivity contribution in [1.82, 2.24) is 0 Å². The molecule has 0 atom stereocenters. The third-order valence-corrected chi connectivity index (χ3v) is 3.61. The quantitative estimate of drug-likeness (QED) is 0.720. The number of aromatic carboxylic acids is 1. The maximum Gasteiger partial charge on any atom is 0.339 e. The highest BCUT2D eigenvalue weighted by atomic mass is 79.9. The number of fused-ring (bicyclic) bond motifs is 1. The molecule has 21 heavy (non-hydrogen) atoms. The highest BCUT2D eigenvalue weighted by molar-refractivity contribution is 9.10. The third kappa shape index (κ3) is 2.90. The fourth-order valence-corrected chi connectivity index (χ4v) is 2.50. The van der Waals surface area contributed by atoms with E-state index in [1.54, 1.807) is 18.2 Å². The Kier molecular flexibility index (Phi) is 3.62. The van der Waals surface area contributed by atoms with Gasteiger partial charge >= 0.3 is 5.97 Å². The Morgan fingerprint density at radius 3 is 2.48 bits per heavy atom. The van der Waals surface area contributed by atoms with Crippen molar-refractivity contribution >= 4 is 32.7 Å². The van der Waals surface area contributed by atoms with E-state index in [4.69, 9.17) is 9.84 Å². The third-order valence-electron chi connectivity index (χ3n) is 3.12. The average Bonchev–Trinajstić information content (AvgIpc) is 2.48. The van der Waals surface area contributed by atoms with Crippen LogP contribution in [0.25, 0.3) is 10.8 Å². The summed E-state index contributed by atoms with van der Waals surface area (Å²) in [5.74, 6) is -0.0599. The molecule has 3 aromatic rings. The van der Waals surface area contributed by atoms with Crippen LogP contribution in [0.5, 0.6) is 11.5 Å². The van der Waals surface area contributed by atoms with Gasteiger partial charge in [0.05, 0.1) is 0 Å². The first-order chi connectivity index (χ1) is 10.1. The Morgan fingerprint density at radius 2 is 1.67 bits per heavy atom. The topological polar surface area (TPSA) is 46.5 Å². The molecule has 0 radical (unpaired) electrons. The minimum Gasteiger partial charge on any atom is -0.478 e. The highest BCUT2D eigenvalue weighted by Crippen LogP contribution is 2.29. The second-order valence-electron chi connectivity index (χ2n) is 4.56. The molecule has 0 aliphatic heterocycles. The van der Waals surface area contributed by atoms with Crippen molar-refractivity contribution in [3.8, 4) is 11.5 Å². The number of rotatable bonds is 3. The van der Waals surface area contributed by atoms with E-state index in [9.17, 15) is 4.79 Å². The first-order valence-corrected chi connectivity index (χ1v) is 7.12. The highest BCUT2D eigenvalue weighted by Gasteiger charge is 2.11. The van der Waals surface area contributed by atoms with Crippen LogP contribution >= 0.6 is 15.9 Å². The van der Waals surface area contributed by atoms with Gasteiger partial charge in [-0.3, -0.25) is 0 Å². The zero-order valence-electron chi connectivity index (χ0n) is 10.9. The molecule has 0 amide bonds. The van der Waals surface area contributed by atoms with Crippen molar-refractivity contribution in [2.75, 3.05) is 0 Å². The van der Waals surface area contributed by atoms with E-state index in [-0.39, 0.29) is 5.56 Å². The van der Waals surface area contributed by atoms with Crippen LogP contribution in [0.4, 0.5) is 0 Å². The first-order valence-electron chi connectivity index (χ1n) is 6.33. The number of benzene rings is 3. The SMILES string of the molecule is O=C(O)c1ccccc1Oc1ccc2cc(Br)ccc2c1. The Balaban J connectivity index is 1.99. The van der Waals surface area contributed by atoms with Gasteiger partial charge in [-0.1, -0.05) is 40.2 Å². The summed E-state index contributed by atoms with van der Waals surface area (Å²) in [6, 6.07) is 18.2. The largest absolute Gasteiger partial charge is 0.478 e. The monoisotopic (exact) mass is 342 g/mol. The van der Waals surface area contributed by atoms with E-state index in [1.165, 1.54) is 6.07 Å². The predicted octanol–water partition coefficient (Wildman–Crippen LogP) is 5.09. The molecule has 0 heterocycles. The van der Waals surface area contributed by atoms with Crippen LogP contribution in [0.3, 0.4) is 0 Å². The van der Waals surface area contributed by atoms with Gasteiger partial charge in [0.2, 0.25) is 0 Å². The molecule has 0 fully saturated rings. The van der Waals surface area contributed by atoms with Gasteiger partial charge < -0.3 is 9.84 Å². The maximum absolute atomic E-state index is 11.2. The van der Waals surface area contributed by atoms with Crippen LogP contribution in [0.2, 0.25) is 0 Å². The molecule has 0 bridgehead atoms. The van der Waals surface area contributed by atoms with Gasteiger partial charge in [-0.25, -0.2) is 4.79 Å². The van der Waals surface area contributed by atoms with Gasteiger partial charge in [-0.15, -0.1) is 0 Å². The van der Waals surface area contributed by atoms with E-state index < -0.39 is 5.97 Å². The normalized spacial score (nSPS) is 10.5. The van der Waals surface area contributed by atoms with Crippen LogP contribution in [0.15, 0.2) is 65.1 Å². The number of halogens is 1. The number of hydrogen-bond acceptors (Lipinski definition) is 2. The van der Waals surface area contributed by atoms with Crippen LogP contribution in [0.1, 0.15) is 10.4 Å². The summed E-state index contributed by atoms with van der Waals surface area (Å²) in [4.78, 5) is 11.2. The lowest BCUT2D eigenvalue weighted by Crippen LogP contribution is -1.99. The fourth-order valence-electron chi connectivity index (χ4n) is 2.12. The van der Waals surface area contributed by atoms with Crippen molar-refractivity contribution in [3.05, 3.63) is 70.7 Å². The second kappa shape index (κ2) is 5.58. The number of carboxylic acids is 1. The lowest BCUT2D eigenvalue weighted by Gasteiger charge is -2.09. The number of hydrogen-bond donors (Lipinski definition) is 1. The Labute approximate surface area is 129 Å². The molecule has 1 N–H and O–H groups in total. The van der Waals surface area contributed by atoms with Crippen molar-refractivity contribution in [2.45, 2.75) is 0 Å². The van der Waals surface area contributed by atoms with Gasteiger partial charge in [0.1, 0.15) is 17.1 Å². The molecule has 0 aliphatic rings. The number of para-hydroxylation sites is 1. The Morgan fingerprint density at radius 1 is 0.952 bits per heavy atom. The van der Waals surface area contributed by atoms with Gasteiger partial charge in [0.15, 0.2) is 0 Å². The number of carbonyl (C=O) groups is 1. The van der Waals surface area contributed by atoms with Crippen molar-refractivity contribution in [3.63, 3.8) is 0 Å². The van der Waals surface area contributed by atoms with Gasteiger partial charge in [-0.2, -0.15) is 0 Å². The molecule has 3 aromatic carbocycles. The molecule has 4 heteroatoms. The van der Waals surface area contributed by atoms with Crippen molar-refractivity contribution in [2.24, 2.45) is 0 Å². The summed E-state index contributed by atoms with van der Waals surface area (Å²) in [6.07, 6.45) is 0. The molecule has 0 saturated carbocycles. The zero-order chi connectivity index (χ0) is 14.8. The lowest BCUT2D eigenvalue weighted by molar-refractivity contribution is 0.0694. The molecule has 0 unspecified atom stereocenters. The zero-order valence-corrected chi connectivity index (χ0v) is 12.5. The van der Waals surface area contributed by atoms with Gasteiger partial charge in [0, 0.05) is 4.47 Å². The van der Waals surface area contributed by atoms with Crippen molar-refractivity contribution < 1.29 is 14.6 Å². The molecule has 3 nitrogen and oxygen atoms in total. The second-order valence-corrected chi connectivity index (χ2v) is 5.47. The van der Waals surface area contributed by atoms with Crippen LogP contribution in [-0.4, -0.2) is 11.1 Å². The molecule has 104 valence electrons. The maximum atomic E-state index is 11.2. The average molecular weight is 343 g/mol. The summed E-state index contributed by atoms with van der Waals surface area (Å²) in [6.45, 7) is 0. The summed E-state index contributed by atoms with van der Waals surface area (Å²) >= 11 is 3.43. The molecule has 3 rings (SSSR count). The minimum absolute atomic E-state index is 0.147. The van der Waals surface area contributed by atoms with E-state index in [2.05, 4.69) is 15.9 Å². The number of carboxylic acid groups (broad SMARTS) is 1. The molecule has 0 aromatic heterocycles. The molecule has 0 aliphatic carbocycles.